The summed E-state index contributed by atoms with van der Waals surface area (Å²) in [5.74, 6) is -2.81. The number of nitro benzene ring substituents is 2. The molecule has 332 valence electrons. The number of halogens is 3. The summed E-state index contributed by atoms with van der Waals surface area (Å²) in [5, 5.41) is 29.7. The third-order valence-electron chi connectivity index (χ3n) is 12.4. The SMILES string of the molecule is COC(=O)N[C@H](C(=O)N1CCC[C@H]1C(=O)Nc1ccc([C@H]2CC[C@H](c3ccc(Cl)c([N+](=O)[O-])c3)N2c2cc(F)c(N3CCC(c4ccccc4)CC3)c(F)c2)cc1[N+](=O)[O-])C(C)C. The molecular weight excluding hydrogens is 840 g/mol. The minimum absolute atomic E-state index is 0.0849. The summed E-state index contributed by atoms with van der Waals surface area (Å²) in [4.78, 5) is 67.4. The molecule has 0 spiro atoms. The number of benzene rings is 4. The number of hydrogen-bond donors (Lipinski definition) is 2. The lowest BCUT2D eigenvalue weighted by Gasteiger charge is -2.36. The normalized spacial score (nSPS) is 19.5. The monoisotopic (exact) mass is 887 g/mol. The average Bonchev–Trinajstić information content (AvgIpc) is 3.95. The number of ether oxygens (including phenoxy) is 1. The largest absolute Gasteiger partial charge is 0.453 e. The second-order valence-electron chi connectivity index (χ2n) is 16.5. The molecule has 3 aliphatic rings. The molecule has 4 aromatic carbocycles. The topological polar surface area (TPSA) is 181 Å². The van der Waals surface area contributed by atoms with Gasteiger partial charge in [-0.15, -0.1) is 0 Å². The Morgan fingerprint density at radius 3 is 1.98 bits per heavy atom. The van der Waals surface area contributed by atoms with E-state index in [0.29, 0.717) is 56.3 Å². The zero-order valence-electron chi connectivity index (χ0n) is 35.0. The van der Waals surface area contributed by atoms with Crippen molar-refractivity contribution in [2.75, 3.05) is 41.9 Å². The summed E-state index contributed by atoms with van der Waals surface area (Å²) in [7, 11) is 1.17. The molecule has 7 rings (SSSR count). The number of piperidine rings is 1. The van der Waals surface area contributed by atoms with Gasteiger partial charge in [0.15, 0.2) is 11.6 Å². The van der Waals surface area contributed by atoms with E-state index < -0.39 is 69.2 Å². The van der Waals surface area contributed by atoms with Gasteiger partial charge in [0.25, 0.3) is 11.4 Å². The molecule has 0 bridgehead atoms. The Morgan fingerprint density at radius 2 is 1.40 bits per heavy atom. The first-order valence-corrected chi connectivity index (χ1v) is 21.3. The Balaban J connectivity index is 1.19. The molecule has 0 radical (unpaired) electrons. The zero-order valence-corrected chi connectivity index (χ0v) is 35.7. The number of likely N-dealkylation sites (tertiary alicyclic amines) is 1. The standard InChI is InChI=1S/C45H48ClF2N7O8/c1-26(2)41(50-45(58)63-3)44(57)52-19-7-10-38(52)43(56)49-35-14-12-30(23-40(35)55(61)62)37-16-15-36(29-11-13-32(46)39(22-29)54(59)60)53(37)31-24-33(47)42(34(48)25-31)51-20-17-28(18-21-51)27-8-5-4-6-9-27/h4-6,8-9,11-14,22-26,28,36-38,41H,7,10,15-21H2,1-3H3,(H,49,56)(H,50,58)/t36-,37-,38+,41+/m1/s1. The van der Waals surface area contributed by atoms with Crippen molar-refractivity contribution >= 4 is 57.9 Å². The Bertz CT molecular complexity index is 2380. The summed E-state index contributed by atoms with van der Waals surface area (Å²) >= 11 is 6.17. The van der Waals surface area contributed by atoms with Gasteiger partial charge in [0.05, 0.1) is 29.0 Å². The number of hydrogen-bond acceptors (Lipinski definition) is 10. The number of nitrogens with zero attached hydrogens (tertiary/aromatic N) is 5. The van der Waals surface area contributed by atoms with Gasteiger partial charge < -0.3 is 30.1 Å². The van der Waals surface area contributed by atoms with E-state index in [4.69, 9.17) is 11.6 Å². The molecule has 3 amide bonds. The van der Waals surface area contributed by atoms with Crippen LogP contribution in [0.25, 0.3) is 0 Å². The molecule has 2 N–H and O–H groups in total. The highest BCUT2D eigenvalue weighted by Crippen LogP contribution is 2.50. The van der Waals surface area contributed by atoms with Crippen LogP contribution in [0.1, 0.15) is 87.1 Å². The van der Waals surface area contributed by atoms with E-state index in [1.807, 2.05) is 18.2 Å². The molecule has 63 heavy (non-hydrogen) atoms. The lowest BCUT2D eigenvalue weighted by atomic mass is 9.89. The summed E-state index contributed by atoms with van der Waals surface area (Å²) < 4.78 is 37.4. The average molecular weight is 888 g/mol. The van der Waals surface area contributed by atoms with Gasteiger partial charge in [-0.1, -0.05) is 67.9 Å². The number of alkyl carbamates (subject to hydrolysis) is 1. The minimum atomic E-state index is -0.979. The molecule has 0 aromatic heterocycles. The number of carbonyl (C=O) groups is 3. The van der Waals surface area contributed by atoms with Gasteiger partial charge >= 0.3 is 6.09 Å². The summed E-state index contributed by atoms with van der Waals surface area (Å²) in [5.41, 5.74) is 1.07. The Hall–Kier alpha value is -6.36. The van der Waals surface area contributed by atoms with Crippen molar-refractivity contribution in [3.8, 4) is 0 Å². The third-order valence-corrected chi connectivity index (χ3v) is 12.7. The smallest absolute Gasteiger partial charge is 0.407 e. The second kappa shape index (κ2) is 18.9. The van der Waals surface area contributed by atoms with Crippen LogP contribution in [0.4, 0.5) is 42.0 Å². The van der Waals surface area contributed by atoms with Crippen molar-refractivity contribution in [3.05, 3.63) is 132 Å². The summed E-state index contributed by atoms with van der Waals surface area (Å²) in [6, 6.07) is 17.7. The first-order valence-electron chi connectivity index (χ1n) is 20.9. The van der Waals surface area contributed by atoms with E-state index in [0.717, 1.165) is 0 Å². The van der Waals surface area contributed by atoms with Crippen molar-refractivity contribution in [3.63, 3.8) is 0 Å². The van der Waals surface area contributed by atoms with Crippen LogP contribution in [0.5, 0.6) is 0 Å². The van der Waals surface area contributed by atoms with Crippen LogP contribution in [0.3, 0.4) is 0 Å². The van der Waals surface area contributed by atoms with Crippen LogP contribution < -0.4 is 20.4 Å². The van der Waals surface area contributed by atoms with Gasteiger partial charge in [-0.25, -0.2) is 13.6 Å². The number of rotatable bonds is 12. The summed E-state index contributed by atoms with van der Waals surface area (Å²) in [6.07, 6.45) is 2.05. The number of amides is 3. The van der Waals surface area contributed by atoms with Crippen LogP contribution >= 0.6 is 11.6 Å². The molecule has 3 heterocycles. The number of methoxy groups -OCH3 is 1. The first kappa shape index (κ1) is 44.7. The molecule has 3 aliphatic heterocycles. The molecule has 0 saturated carbocycles. The van der Waals surface area contributed by atoms with Crippen LogP contribution in [0, 0.1) is 37.8 Å². The third kappa shape index (κ3) is 9.38. The molecule has 4 atom stereocenters. The van der Waals surface area contributed by atoms with Crippen molar-refractivity contribution in [2.45, 2.75) is 82.5 Å². The highest BCUT2D eigenvalue weighted by molar-refractivity contribution is 6.32. The predicted molar refractivity (Wildman–Crippen MR) is 233 cm³/mol. The van der Waals surface area contributed by atoms with E-state index in [1.54, 1.807) is 35.8 Å². The van der Waals surface area contributed by atoms with Crippen molar-refractivity contribution in [2.24, 2.45) is 5.92 Å². The van der Waals surface area contributed by atoms with Gasteiger partial charge in [-0.3, -0.25) is 29.8 Å². The fourth-order valence-electron chi connectivity index (χ4n) is 9.28. The Labute approximate surface area is 367 Å². The van der Waals surface area contributed by atoms with Crippen LogP contribution in [0.15, 0.2) is 78.9 Å². The van der Waals surface area contributed by atoms with E-state index in [-0.39, 0.29) is 52.6 Å². The van der Waals surface area contributed by atoms with Crippen molar-refractivity contribution in [1.82, 2.24) is 10.2 Å². The van der Waals surface area contributed by atoms with Crippen LogP contribution in [0.2, 0.25) is 5.02 Å². The fraction of sp³-hybridized carbons (Fsp3) is 0.400. The molecule has 0 aliphatic carbocycles. The number of carbonyl (C=O) groups excluding carboxylic acids is 3. The molecule has 3 fully saturated rings. The van der Waals surface area contributed by atoms with Crippen LogP contribution in [-0.2, 0) is 14.3 Å². The molecule has 0 unspecified atom stereocenters. The van der Waals surface area contributed by atoms with E-state index in [2.05, 4.69) is 27.5 Å². The van der Waals surface area contributed by atoms with Gasteiger partial charge in [0, 0.05) is 37.5 Å². The highest BCUT2D eigenvalue weighted by Gasteiger charge is 2.41. The lowest BCUT2D eigenvalue weighted by molar-refractivity contribution is -0.384. The van der Waals surface area contributed by atoms with E-state index in [1.165, 1.54) is 54.0 Å². The number of nitrogens with one attached hydrogen (secondary N) is 2. The molecular formula is C45H48ClF2N7O8. The summed E-state index contributed by atoms with van der Waals surface area (Å²) in [6.45, 7) is 4.57. The van der Waals surface area contributed by atoms with Gasteiger partial charge in [-0.05, 0) is 91.3 Å². The number of nitro groups is 2. The second-order valence-corrected chi connectivity index (χ2v) is 16.9. The maximum Gasteiger partial charge on any atom is 0.407 e. The Morgan fingerprint density at radius 1 is 0.794 bits per heavy atom. The van der Waals surface area contributed by atoms with Crippen molar-refractivity contribution in [1.29, 1.82) is 0 Å². The molecule has 4 aromatic rings. The van der Waals surface area contributed by atoms with E-state index >= 15 is 8.78 Å². The lowest BCUT2D eigenvalue weighted by Crippen LogP contribution is -2.54. The van der Waals surface area contributed by atoms with Gasteiger partial charge in [0.2, 0.25) is 11.8 Å². The van der Waals surface area contributed by atoms with Crippen LogP contribution in [-0.4, -0.2) is 71.5 Å². The zero-order chi connectivity index (χ0) is 45.1. The highest BCUT2D eigenvalue weighted by atomic mass is 35.5. The van der Waals surface area contributed by atoms with Crippen molar-refractivity contribution < 1.29 is 37.7 Å². The molecule has 15 nitrogen and oxygen atoms in total. The molecule has 3 saturated heterocycles. The maximum absolute atomic E-state index is 16.4. The van der Waals surface area contributed by atoms with Gasteiger partial charge in [0.1, 0.15) is 28.5 Å². The first-order chi connectivity index (χ1) is 30.2. The quantitative estimate of drug-likeness (QED) is 0.103. The molecule has 18 heteroatoms. The number of anilines is 3. The fourth-order valence-corrected chi connectivity index (χ4v) is 9.46. The van der Waals surface area contributed by atoms with E-state index in [9.17, 15) is 34.6 Å². The minimum Gasteiger partial charge on any atom is -0.453 e. The Kier molecular flexibility index (Phi) is 13.4. The van der Waals surface area contributed by atoms with Gasteiger partial charge in [-0.2, -0.15) is 0 Å². The predicted octanol–water partition coefficient (Wildman–Crippen LogP) is 9.21. The maximum atomic E-state index is 16.4.